The number of rotatable bonds is 15. The number of methoxy groups -OCH3 is 2. The third-order valence-electron chi connectivity index (χ3n) is 6.44. The van der Waals surface area contributed by atoms with E-state index in [9.17, 15) is 18.8 Å². The summed E-state index contributed by atoms with van der Waals surface area (Å²) in [5.74, 6) is -1.22. The van der Waals surface area contributed by atoms with Gasteiger partial charge < -0.3 is 30.0 Å². The molecule has 2 aromatic carbocycles. The average Bonchev–Trinajstić information content (AvgIpc) is 3.44. The van der Waals surface area contributed by atoms with Gasteiger partial charge in [0.1, 0.15) is 25.1 Å². The van der Waals surface area contributed by atoms with Crippen molar-refractivity contribution in [2.24, 2.45) is 16.8 Å². The van der Waals surface area contributed by atoms with Crippen molar-refractivity contribution < 1.29 is 37.7 Å². The molecule has 43 heavy (non-hydrogen) atoms. The largest absolute Gasteiger partial charge is 0.493 e. The average molecular weight is 617 g/mol. The maximum absolute atomic E-state index is 14.2. The molecule has 0 saturated carbocycles. The number of hydrogen-bond acceptors (Lipinski definition) is 10. The maximum Gasteiger partial charge on any atom is 0.323 e. The summed E-state index contributed by atoms with van der Waals surface area (Å²) in [6, 6.07) is 8.65. The van der Waals surface area contributed by atoms with Gasteiger partial charge in [-0.25, -0.2) is 9.40 Å². The summed E-state index contributed by atoms with van der Waals surface area (Å²) >= 11 is 1.26. The number of hydrogen-bond donors (Lipinski definition) is 2. The molecule has 11 nitrogen and oxygen atoms in total. The molecule has 13 heteroatoms. The Balaban J connectivity index is 1.60. The molecule has 0 radical (unpaired) electrons. The van der Waals surface area contributed by atoms with Gasteiger partial charge >= 0.3 is 5.97 Å². The van der Waals surface area contributed by atoms with E-state index in [4.69, 9.17) is 24.7 Å². The fourth-order valence-corrected chi connectivity index (χ4v) is 4.87. The Hall–Kier alpha value is -4.07. The smallest absolute Gasteiger partial charge is 0.323 e. The molecule has 0 fully saturated rings. The molecule has 0 aliphatic rings. The van der Waals surface area contributed by atoms with Crippen molar-refractivity contribution in [3.63, 3.8) is 0 Å². The predicted octanol–water partition coefficient (Wildman–Crippen LogP) is 3.58. The van der Waals surface area contributed by atoms with Crippen LogP contribution in [0.3, 0.4) is 0 Å². The number of ether oxygens (including phenoxy) is 4. The zero-order valence-corrected chi connectivity index (χ0v) is 25.7. The second-order valence-corrected chi connectivity index (χ2v) is 10.7. The van der Waals surface area contributed by atoms with Crippen LogP contribution in [0.25, 0.3) is 10.1 Å². The van der Waals surface area contributed by atoms with Gasteiger partial charge in [0.25, 0.3) is 11.8 Å². The van der Waals surface area contributed by atoms with Gasteiger partial charge in [-0.2, -0.15) is 5.10 Å². The lowest BCUT2D eigenvalue weighted by atomic mass is 10.1. The first kappa shape index (κ1) is 33.4. The molecule has 3 rings (SSSR count). The highest BCUT2D eigenvalue weighted by Gasteiger charge is 2.20. The van der Waals surface area contributed by atoms with Crippen LogP contribution in [-0.4, -0.2) is 82.2 Å². The number of halogens is 1. The lowest BCUT2D eigenvalue weighted by Crippen LogP contribution is -2.37. The van der Waals surface area contributed by atoms with Gasteiger partial charge in [0.2, 0.25) is 0 Å². The SMILES string of the molecule is COCC/C(=N\N(C)C(=O)CNC(=O)c1ccc(OCCOC(=O)[C@@H](N)C(C)C)c(OC)c1)c1csc2c(F)cccc12. The molecule has 0 aliphatic carbocycles. The Morgan fingerprint density at radius 2 is 1.86 bits per heavy atom. The van der Waals surface area contributed by atoms with Gasteiger partial charge in [0.15, 0.2) is 11.5 Å². The maximum atomic E-state index is 14.2. The topological polar surface area (TPSA) is 142 Å². The first-order valence-electron chi connectivity index (χ1n) is 13.6. The van der Waals surface area contributed by atoms with Crippen LogP contribution in [0, 0.1) is 11.7 Å². The molecule has 0 aliphatic heterocycles. The van der Waals surface area contributed by atoms with Crippen LogP contribution in [0.15, 0.2) is 46.9 Å². The number of amides is 2. The third-order valence-corrected chi connectivity index (χ3v) is 7.44. The number of carbonyl (C=O) groups is 3. The van der Waals surface area contributed by atoms with Crippen LogP contribution in [0.1, 0.15) is 36.2 Å². The fraction of sp³-hybridized carbons (Fsp3) is 0.400. The number of nitrogens with zero attached hydrogens (tertiary/aromatic N) is 2. The summed E-state index contributed by atoms with van der Waals surface area (Å²) in [5, 5.41) is 10.7. The molecule has 3 N–H and O–H groups in total. The van der Waals surface area contributed by atoms with Crippen molar-refractivity contribution in [2.45, 2.75) is 26.3 Å². The highest BCUT2D eigenvalue weighted by atomic mass is 32.1. The molecule has 0 spiro atoms. The van der Waals surface area contributed by atoms with Gasteiger partial charge in [-0.1, -0.05) is 26.0 Å². The molecular weight excluding hydrogens is 579 g/mol. The van der Waals surface area contributed by atoms with Crippen LogP contribution in [-0.2, 0) is 19.1 Å². The van der Waals surface area contributed by atoms with Crippen LogP contribution in [0.4, 0.5) is 4.39 Å². The van der Waals surface area contributed by atoms with Crippen molar-refractivity contribution in [3.05, 3.63) is 58.7 Å². The number of nitrogens with one attached hydrogen (secondary N) is 1. The van der Waals surface area contributed by atoms with Crippen molar-refractivity contribution in [1.82, 2.24) is 10.3 Å². The first-order valence-corrected chi connectivity index (χ1v) is 14.5. The normalized spacial score (nSPS) is 12.2. The number of carbonyl (C=O) groups excluding carboxylic acids is 3. The van der Waals surface area contributed by atoms with E-state index in [-0.39, 0.29) is 42.8 Å². The highest BCUT2D eigenvalue weighted by Crippen LogP contribution is 2.30. The second kappa shape index (κ2) is 16.0. The summed E-state index contributed by atoms with van der Waals surface area (Å²) in [6.45, 7) is 3.73. The Kier molecular flexibility index (Phi) is 12.4. The van der Waals surface area contributed by atoms with Gasteiger partial charge in [0, 0.05) is 42.5 Å². The fourth-order valence-electron chi connectivity index (χ4n) is 3.88. The quantitative estimate of drug-likeness (QED) is 0.114. The first-order chi connectivity index (χ1) is 20.6. The summed E-state index contributed by atoms with van der Waals surface area (Å²) in [6.07, 6.45) is 0.394. The number of likely N-dealkylation sites (N-methyl/N-ethyl adjacent to an activating group) is 1. The molecule has 1 aromatic heterocycles. The number of nitrogens with two attached hydrogens (primary N) is 1. The lowest BCUT2D eigenvalue weighted by molar-refractivity contribution is -0.147. The van der Waals surface area contributed by atoms with Gasteiger partial charge in [-0.3, -0.25) is 14.4 Å². The van der Waals surface area contributed by atoms with E-state index >= 15 is 0 Å². The Bertz CT molecular complexity index is 1460. The molecule has 1 heterocycles. The predicted molar refractivity (Wildman–Crippen MR) is 162 cm³/mol. The number of benzene rings is 2. The molecule has 1 atom stereocenters. The summed E-state index contributed by atoms with van der Waals surface area (Å²) < 4.78 is 36.0. The Morgan fingerprint density at radius 3 is 2.56 bits per heavy atom. The molecule has 0 bridgehead atoms. The third kappa shape index (κ3) is 8.96. The number of hydrazone groups is 1. The zero-order valence-electron chi connectivity index (χ0n) is 24.8. The second-order valence-electron chi connectivity index (χ2n) is 9.81. The summed E-state index contributed by atoms with van der Waals surface area (Å²) in [4.78, 5) is 37.5. The molecule has 0 unspecified atom stereocenters. The van der Waals surface area contributed by atoms with Gasteiger partial charge in [-0.15, -0.1) is 11.3 Å². The lowest BCUT2D eigenvalue weighted by Gasteiger charge is -2.16. The monoisotopic (exact) mass is 616 g/mol. The van der Waals surface area contributed by atoms with E-state index in [2.05, 4.69) is 10.4 Å². The number of esters is 1. The molecule has 232 valence electrons. The van der Waals surface area contributed by atoms with Crippen LogP contribution in [0.2, 0.25) is 0 Å². The minimum absolute atomic E-state index is 0.00450. The molecular formula is C30H37FN4O7S. The number of fused-ring (bicyclic) bond motifs is 1. The van der Waals surface area contributed by atoms with Crippen LogP contribution < -0.4 is 20.5 Å². The van der Waals surface area contributed by atoms with Gasteiger partial charge in [0.05, 0.1) is 30.7 Å². The van der Waals surface area contributed by atoms with E-state index in [1.807, 2.05) is 13.8 Å². The summed E-state index contributed by atoms with van der Waals surface area (Å²) in [7, 11) is 4.47. The van der Waals surface area contributed by atoms with E-state index in [0.717, 1.165) is 5.01 Å². The minimum Gasteiger partial charge on any atom is -0.493 e. The Morgan fingerprint density at radius 1 is 1.09 bits per heavy atom. The molecule has 3 aromatic rings. The van der Waals surface area contributed by atoms with Crippen molar-refractivity contribution in [2.75, 3.05) is 47.6 Å². The molecule has 0 saturated heterocycles. The van der Waals surface area contributed by atoms with E-state index < -0.39 is 23.8 Å². The Labute approximate surface area is 253 Å². The zero-order chi connectivity index (χ0) is 31.5. The van der Waals surface area contributed by atoms with E-state index in [1.165, 1.54) is 43.7 Å². The van der Waals surface area contributed by atoms with E-state index in [1.54, 1.807) is 30.7 Å². The summed E-state index contributed by atoms with van der Waals surface area (Å²) in [5.41, 5.74) is 7.28. The van der Waals surface area contributed by atoms with E-state index in [0.29, 0.717) is 40.1 Å². The van der Waals surface area contributed by atoms with Crippen LogP contribution in [0.5, 0.6) is 11.5 Å². The van der Waals surface area contributed by atoms with Gasteiger partial charge in [-0.05, 0) is 30.2 Å². The number of thiophene rings is 1. The van der Waals surface area contributed by atoms with Crippen molar-refractivity contribution in [3.8, 4) is 11.5 Å². The standard InChI is InChI=1S/C30H37FN4O7S/c1-18(2)27(32)30(38)42-14-13-41-24-10-9-19(15-25(24)40-5)29(37)33-16-26(36)35(3)34-23(11-12-39-4)21-17-43-28-20(21)7-6-8-22(28)31/h6-10,15,17-18,27H,11-14,16,32H2,1-5H3,(H,33,37)/b34-23+/t27-/m0/s1. The van der Waals surface area contributed by atoms with Crippen molar-refractivity contribution >= 4 is 44.9 Å². The molecule has 2 amide bonds. The minimum atomic E-state index is -0.712. The van der Waals surface area contributed by atoms with Crippen LogP contribution >= 0.6 is 11.3 Å². The highest BCUT2D eigenvalue weighted by molar-refractivity contribution is 7.17. The van der Waals surface area contributed by atoms with Crippen molar-refractivity contribution in [1.29, 1.82) is 0 Å².